The van der Waals surface area contributed by atoms with Crippen LogP contribution in [0.25, 0.3) is 0 Å². The maximum absolute atomic E-state index is 12.9. The van der Waals surface area contributed by atoms with E-state index in [9.17, 15) is 18.0 Å². The van der Waals surface area contributed by atoms with Crippen LogP contribution < -0.4 is 14.8 Å². The summed E-state index contributed by atoms with van der Waals surface area (Å²) in [7, 11) is -2.48. The third kappa shape index (κ3) is 3.95. The highest BCUT2D eigenvalue weighted by atomic mass is 32.2. The highest BCUT2D eigenvalue weighted by Gasteiger charge is 2.29. The molecule has 0 bridgehead atoms. The van der Waals surface area contributed by atoms with Crippen LogP contribution in [-0.2, 0) is 10.0 Å². The summed E-state index contributed by atoms with van der Waals surface area (Å²) in [5.74, 6) is -0.233. The van der Waals surface area contributed by atoms with E-state index in [2.05, 4.69) is 20.0 Å². The van der Waals surface area contributed by atoms with E-state index in [1.807, 2.05) is 0 Å². The van der Waals surface area contributed by atoms with E-state index >= 15 is 0 Å². The van der Waals surface area contributed by atoms with Crippen molar-refractivity contribution in [2.24, 2.45) is 0 Å². The highest BCUT2D eigenvalue weighted by Crippen LogP contribution is 2.27. The third-order valence-corrected chi connectivity index (χ3v) is 6.23. The van der Waals surface area contributed by atoms with Crippen molar-refractivity contribution in [2.45, 2.75) is 11.8 Å². The van der Waals surface area contributed by atoms with Gasteiger partial charge in [-0.2, -0.15) is 0 Å². The maximum atomic E-state index is 12.9. The minimum Gasteiger partial charge on any atom is -0.494 e. The maximum Gasteiger partial charge on any atom is 0.264 e. The number of ether oxygens (including phenoxy) is 1. The number of anilines is 2. The number of hydrogen-bond acceptors (Lipinski definition) is 8. The molecule has 1 heterocycles. The van der Waals surface area contributed by atoms with Crippen molar-refractivity contribution >= 4 is 33.2 Å². The molecule has 32 heavy (non-hydrogen) atoms. The summed E-state index contributed by atoms with van der Waals surface area (Å²) in [5, 5.41) is 2.95. The number of methoxy groups -OCH3 is 1. The number of nitrogens with zero attached hydrogens (tertiary/aromatic N) is 2. The molecular formula is C22H18N4O5S. The lowest BCUT2D eigenvalue weighted by atomic mass is 9.88. The van der Waals surface area contributed by atoms with Crippen LogP contribution in [0.3, 0.4) is 0 Å². The van der Waals surface area contributed by atoms with Crippen molar-refractivity contribution in [1.82, 2.24) is 9.97 Å². The fourth-order valence-corrected chi connectivity index (χ4v) is 4.12. The van der Waals surface area contributed by atoms with E-state index in [1.165, 1.54) is 43.8 Å². The molecule has 0 spiro atoms. The van der Waals surface area contributed by atoms with Crippen molar-refractivity contribution < 1.29 is 22.7 Å². The van der Waals surface area contributed by atoms with E-state index in [0.29, 0.717) is 28.1 Å². The first-order chi connectivity index (χ1) is 15.3. The molecule has 9 nitrogen and oxygen atoms in total. The standard InChI is InChI=1S/C22H18N4O5S/c1-13-19(21(28)18-6-4-3-5-17(18)20(13)27)25-14-7-9-16(10-8-14)32(29,30)26-22-23-11-15(31-2)12-24-22/h3-12,25H,1-2H3,(H,23,24,26). The van der Waals surface area contributed by atoms with Gasteiger partial charge in [0.15, 0.2) is 11.5 Å². The first kappa shape index (κ1) is 21.2. The second-order valence-corrected chi connectivity index (χ2v) is 8.59. The second kappa shape index (κ2) is 8.23. The van der Waals surface area contributed by atoms with Gasteiger partial charge >= 0.3 is 0 Å². The zero-order chi connectivity index (χ0) is 22.9. The van der Waals surface area contributed by atoms with Crippen molar-refractivity contribution in [3.63, 3.8) is 0 Å². The van der Waals surface area contributed by atoms with Gasteiger partial charge in [-0.25, -0.2) is 23.1 Å². The predicted molar refractivity (Wildman–Crippen MR) is 117 cm³/mol. The van der Waals surface area contributed by atoms with Gasteiger partial charge in [0.2, 0.25) is 11.7 Å². The van der Waals surface area contributed by atoms with Crippen LogP contribution >= 0.6 is 0 Å². The largest absolute Gasteiger partial charge is 0.494 e. The average molecular weight is 450 g/mol. The topological polar surface area (TPSA) is 127 Å². The number of rotatable bonds is 6. The Morgan fingerprint density at radius 1 is 0.875 bits per heavy atom. The highest BCUT2D eigenvalue weighted by molar-refractivity contribution is 7.92. The van der Waals surface area contributed by atoms with Crippen LogP contribution in [-0.4, -0.2) is 37.1 Å². The number of carbonyl (C=O) groups is 2. The molecule has 1 aliphatic carbocycles. The summed E-state index contributed by atoms with van der Waals surface area (Å²) in [4.78, 5) is 33.2. The number of ketones is 2. The van der Waals surface area contributed by atoms with Gasteiger partial charge in [-0.3, -0.25) is 9.59 Å². The van der Waals surface area contributed by atoms with Crippen molar-refractivity contribution in [3.8, 4) is 5.75 Å². The fraction of sp³-hybridized carbons (Fsp3) is 0.0909. The lowest BCUT2D eigenvalue weighted by Gasteiger charge is -2.20. The Morgan fingerprint density at radius 2 is 1.47 bits per heavy atom. The molecule has 0 aliphatic heterocycles. The first-order valence-electron chi connectivity index (χ1n) is 9.45. The Labute approximate surface area is 184 Å². The fourth-order valence-electron chi connectivity index (χ4n) is 3.17. The number of allylic oxidation sites excluding steroid dienone is 2. The van der Waals surface area contributed by atoms with E-state index in [0.717, 1.165) is 0 Å². The SMILES string of the molecule is COc1cnc(NS(=O)(=O)c2ccc(NC3=C(C)C(=O)c4ccccc4C3=O)cc2)nc1. The second-order valence-electron chi connectivity index (χ2n) is 6.91. The van der Waals surface area contributed by atoms with E-state index < -0.39 is 10.0 Å². The molecule has 2 aromatic carbocycles. The molecule has 162 valence electrons. The Kier molecular flexibility index (Phi) is 5.45. The quantitative estimate of drug-likeness (QED) is 0.587. The van der Waals surface area contributed by atoms with Gasteiger partial charge < -0.3 is 10.1 Å². The summed E-state index contributed by atoms with van der Waals surface area (Å²) in [6.07, 6.45) is 2.68. The minimum atomic E-state index is -3.93. The van der Waals surface area contributed by atoms with E-state index in [4.69, 9.17) is 4.74 Å². The van der Waals surface area contributed by atoms with Gasteiger partial charge in [0, 0.05) is 22.4 Å². The summed E-state index contributed by atoms with van der Waals surface area (Å²) < 4.78 is 32.4. The third-order valence-electron chi connectivity index (χ3n) is 4.88. The van der Waals surface area contributed by atoms with Gasteiger partial charge in [-0.15, -0.1) is 0 Å². The molecule has 3 aromatic rings. The number of sulfonamides is 1. The summed E-state index contributed by atoms with van der Waals surface area (Å²) >= 11 is 0. The molecule has 0 saturated carbocycles. The molecule has 0 unspecified atom stereocenters. The zero-order valence-electron chi connectivity index (χ0n) is 17.1. The number of carbonyl (C=O) groups excluding carboxylic acids is 2. The Bertz CT molecular complexity index is 1350. The molecule has 1 aromatic heterocycles. The number of benzene rings is 2. The number of hydrogen-bond donors (Lipinski definition) is 2. The smallest absolute Gasteiger partial charge is 0.264 e. The molecule has 0 atom stereocenters. The van der Waals surface area contributed by atoms with E-state index in [1.54, 1.807) is 31.2 Å². The molecule has 0 fully saturated rings. The van der Waals surface area contributed by atoms with Crippen LogP contribution in [0.15, 0.2) is 77.1 Å². The number of fused-ring (bicyclic) bond motifs is 1. The number of Topliss-reactive ketones (excluding diaryl/α,β-unsaturated/α-hetero) is 2. The zero-order valence-corrected chi connectivity index (χ0v) is 17.9. The van der Waals surface area contributed by atoms with Crippen molar-refractivity contribution in [3.05, 3.63) is 83.3 Å². The molecule has 10 heteroatoms. The molecule has 0 radical (unpaired) electrons. The first-order valence-corrected chi connectivity index (χ1v) is 10.9. The van der Waals surface area contributed by atoms with Gasteiger partial charge in [0.25, 0.3) is 10.0 Å². The normalized spacial score (nSPS) is 13.6. The van der Waals surface area contributed by atoms with Crippen LogP contribution in [0.5, 0.6) is 5.75 Å². The van der Waals surface area contributed by atoms with Crippen LogP contribution in [0.4, 0.5) is 11.6 Å². The van der Waals surface area contributed by atoms with E-state index in [-0.39, 0.29) is 28.1 Å². The predicted octanol–water partition coefficient (Wildman–Crippen LogP) is 3.05. The van der Waals surface area contributed by atoms with Crippen LogP contribution in [0.2, 0.25) is 0 Å². The summed E-state index contributed by atoms with van der Waals surface area (Å²) in [6.45, 7) is 1.58. The monoisotopic (exact) mass is 450 g/mol. The molecule has 1 aliphatic rings. The molecular weight excluding hydrogens is 432 g/mol. The van der Waals surface area contributed by atoms with Gasteiger partial charge in [0.05, 0.1) is 30.1 Å². The Balaban J connectivity index is 1.54. The molecule has 0 saturated heterocycles. The average Bonchev–Trinajstić information content (AvgIpc) is 2.81. The van der Waals surface area contributed by atoms with Crippen molar-refractivity contribution in [2.75, 3.05) is 17.1 Å². The molecule has 0 amide bonds. The Hall–Kier alpha value is -4.05. The van der Waals surface area contributed by atoms with Crippen LogP contribution in [0.1, 0.15) is 27.6 Å². The molecule has 4 rings (SSSR count). The lowest BCUT2D eigenvalue weighted by Crippen LogP contribution is -2.25. The summed E-state index contributed by atoms with van der Waals surface area (Å²) in [5.41, 5.74) is 1.61. The van der Waals surface area contributed by atoms with Crippen LogP contribution in [0, 0.1) is 0 Å². The van der Waals surface area contributed by atoms with Gasteiger partial charge in [-0.05, 0) is 31.2 Å². The lowest BCUT2D eigenvalue weighted by molar-refractivity contribution is 0.0976. The Morgan fingerprint density at radius 3 is 2.06 bits per heavy atom. The van der Waals surface area contributed by atoms with Gasteiger partial charge in [-0.1, -0.05) is 24.3 Å². The minimum absolute atomic E-state index is 0.0236. The summed E-state index contributed by atoms with van der Waals surface area (Å²) in [6, 6.07) is 12.4. The molecule has 2 N–H and O–H groups in total. The number of aromatic nitrogens is 2. The van der Waals surface area contributed by atoms with Gasteiger partial charge in [0.1, 0.15) is 0 Å². The van der Waals surface area contributed by atoms with Crippen molar-refractivity contribution in [1.29, 1.82) is 0 Å². The number of nitrogens with one attached hydrogen (secondary N) is 2.